The van der Waals surface area contributed by atoms with Gasteiger partial charge in [0.1, 0.15) is 5.82 Å². The molecule has 3 aromatic rings. The van der Waals surface area contributed by atoms with Gasteiger partial charge in [-0.1, -0.05) is 35.5 Å². The summed E-state index contributed by atoms with van der Waals surface area (Å²) in [6.45, 7) is 0.341. The molecule has 1 atom stereocenters. The number of nitrogens with zero attached hydrogens (tertiary/aromatic N) is 3. The molecular weight excluding hydrogens is 309 g/mol. The molecule has 5 nitrogen and oxygen atoms in total. The van der Waals surface area contributed by atoms with E-state index >= 15 is 0 Å². The summed E-state index contributed by atoms with van der Waals surface area (Å²) in [6, 6.07) is 15.7. The van der Waals surface area contributed by atoms with Gasteiger partial charge < -0.3 is 9.42 Å². The highest BCUT2D eigenvalue weighted by molar-refractivity contribution is 5.96. The number of hydrogen-bond acceptors (Lipinski definition) is 4. The molecule has 0 spiro atoms. The number of carbonyl (C=O) groups is 1. The van der Waals surface area contributed by atoms with Crippen LogP contribution in [0.3, 0.4) is 0 Å². The molecule has 2 aromatic carbocycles. The Hall–Kier alpha value is -3.02. The standard InChI is InChI=1S/C18H14FN3O2/c19-14-8-4-5-9-15(14)22-11-13(10-16(22)23)17-20-18(24-21-17)12-6-2-1-3-7-12/h1-9,13H,10-11H2. The van der Waals surface area contributed by atoms with Gasteiger partial charge >= 0.3 is 0 Å². The Morgan fingerprint density at radius 3 is 2.62 bits per heavy atom. The topological polar surface area (TPSA) is 59.2 Å². The maximum atomic E-state index is 13.9. The van der Waals surface area contributed by atoms with Crippen LogP contribution in [0.4, 0.5) is 10.1 Å². The van der Waals surface area contributed by atoms with Gasteiger partial charge in [0.25, 0.3) is 5.89 Å². The lowest BCUT2D eigenvalue weighted by atomic mass is 10.1. The minimum Gasteiger partial charge on any atom is -0.334 e. The van der Waals surface area contributed by atoms with Gasteiger partial charge in [0.2, 0.25) is 5.91 Å². The average molecular weight is 323 g/mol. The van der Waals surface area contributed by atoms with Crippen LogP contribution in [-0.4, -0.2) is 22.6 Å². The van der Waals surface area contributed by atoms with E-state index in [2.05, 4.69) is 10.1 Å². The molecule has 0 bridgehead atoms. The van der Waals surface area contributed by atoms with Crippen LogP contribution < -0.4 is 4.90 Å². The zero-order chi connectivity index (χ0) is 16.5. The number of aromatic nitrogens is 2. The van der Waals surface area contributed by atoms with Crippen molar-refractivity contribution in [3.8, 4) is 11.5 Å². The molecule has 24 heavy (non-hydrogen) atoms. The third-order valence-electron chi connectivity index (χ3n) is 4.10. The van der Waals surface area contributed by atoms with Crippen LogP contribution in [0.2, 0.25) is 0 Å². The minimum atomic E-state index is -0.412. The molecule has 0 N–H and O–H groups in total. The first-order valence-electron chi connectivity index (χ1n) is 7.66. The Labute approximate surface area is 137 Å². The molecule has 0 aliphatic carbocycles. The van der Waals surface area contributed by atoms with Crippen LogP contribution in [-0.2, 0) is 4.79 Å². The van der Waals surface area contributed by atoms with Crippen LogP contribution in [0.15, 0.2) is 59.1 Å². The van der Waals surface area contributed by atoms with E-state index in [4.69, 9.17) is 4.52 Å². The first-order chi connectivity index (χ1) is 11.7. The fourth-order valence-electron chi connectivity index (χ4n) is 2.88. The monoisotopic (exact) mass is 323 g/mol. The smallest absolute Gasteiger partial charge is 0.257 e. The fourth-order valence-corrected chi connectivity index (χ4v) is 2.88. The average Bonchev–Trinajstić information content (AvgIpc) is 3.23. The summed E-state index contributed by atoms with van der Waals surface area (Å²) in [5.41, 5.74) is 1.11. The van der Waals surface area contributed by atoms with Crippen molar-refractivity contribution < 1.29 is 13.7 Å². The van der Waals surface area contributed by atoms with Gasteiger partial charge in [0.05, 0.1) is 5.69 Å². The Balaban J connectivity index is 1.58. The van der Waals surface area contributed by atoms with Crippen molar-refractivity contribution in [3.05, 3.63) is 66.2 Å². The molecule has 1 amide bonds. The van der Waals surface area contributed by atoms with E-state index in [-0.39, 0.29) is 23.9 Å². The van der Waals surface area contributed by atoms with Gasteiger partial charge in [-0.3, -0.25) is 4.79 Å². The van der Waals surface area contributed by atoms with E-state index in [9.17, 15) is 9.18 Å². The van der Waals surface area contributed by atoms with Gasteiger partial charge in [0, 0.05) is 24.4 Å². The van der Waals surface area contributed by atoms with E-state index in [0.717, 1.165) is 5.56 Å². The molecule has 0 radical (unpaired) electrons. The molecule has 1 aromatic heterocycles. The highest BCUT2D eigenvalue weighted by Gasteiger charge is 2.35. The third kappa shape index (κ3) is 2.56. The fraction of sp³-hybridized carbons (Fsp3) is 0.167. The van der Waals surface area contributed by atoms with Crippen molar-refractivity contribution in [1.29, 1.82) is 0 Å². The van der Waals surface area contributed by atoms with Gasteiger partial charge in [-0.2, -0.15) is 4.98 Å². The number of benzene rings is 2. The molecule has 1 unspecified atom stereocenters. The van der Waals surface area contributed by atoms with Gasteiger partial charge in [-0.15, -0.1) is 0 Å². The zero-order valence-electron chi connectivity index (χ0n) is 12.7. The molecule has 1 saturated heterocycles. The second kappa shape index (κ2) is 5.88. The molecule has 120 valence electrons. The number of para-hydroxylation sites is 1. The van der Waals surface area contributed by atoms with Gasteiger partial charge in [-0.05, 0) is 24.3 Å². The maximum absolute atomic E-state index is 13.9. The van der Waals surface area contributed by atoms with Crippen molar-refractivity contribution in [2.45, 2.75) is 12.3 Å². The van der Waals surface area contributed by atoms with Gasteiger partial charge in [0.15, 0.2) is 5.82 Å². The predicted octanol–water partition coefficient (Wildman–Crippen LogP) is 3.40. The Kier molecular flexibility index (Phi) is 3.57. The number of anilines is 1. The largest absolute Gasteiger partial charge is 0.334 e. The lowest BCUT2D eigenvalue weighted by Gasteiger charge is -2.16. The second-order valence-corrected chi connectivity index (χ2v) is 5.68. The molecule has 1 aliphatic rings. The SMILES string of the molecule is O=C1CC(c2noc(-c3ccccc3)n2)CN1c1ccccc1F. The predicted molar refractivity (Wildman–Crippen MR) is 85.8 cm³/mol. The normalized spacial score (nSPS) is 17.5. The van der Waals surface area contributed by atoms with Crippen molar-refractivity contribution >= 4 is 11.6 Å². The van der Waals surface area contributed by atoms with Crippen LogP contribution in [0, 0.1) is 5.82 Å². The summed E-state index contributed by atoms with van der Waals surface area (Å²) < 4.78 is 19.2. The van der Waals surface area contributed by atoms with Crippen molar-refractivity contribution in [1.82, 2.24) is 10.1 Å². The number of amides is 1. The van der Waals surface area contributed by atoms with Crippen LogP contribution >= 0.6 is 0 Å². The molecule has 1 fully saturated rings. The molecule has 2 heterocycles. The van der Waals surface area contributed by atoms with Crippen molar-refractivity contribution in [2.24, 2.45) is 0 Å². The quantitative estimate of drug-likeness (QED) is 0.741. The lowest BCUT2D eigenvalue weighted by Crippen LogP contribution is -2.25. The lowest BCUT2D eigenvalue weighted by molar-refractivity contribution is -0.117. The van der Waals surface area contributed by atoms with Gasteiger partial charge in [-0.25, -0.2) is 4.39 Å². The molecule has 0 saturated carbocycles. The summed E-state index contributed by atoms with van der Waals surface area (Å²) >= 11 is 0. The molecule has 1 aliphatic heterocycles. The number of hydrogen-bond donors (Lipinski definition) is 0. The zero-order valence-corrected chi connectivity index (χ0v) is 12.7. The number of halogens is 1. The maximum Gasteiger partial charge on any atom is 0.257 e. The first-order valence-corrected chi connectivity index (χ1v) is 7.66. The summed E-state index contributed by atoms with van der Waals surface area (Å²) in [4.78, 5) is 18.1. The summed E-state index contributed by atoms with van der Waals surface area (Å²) in [5.74, 6) is 0.127. The van der Waals surface area contributed by atoms with Crippen LogP contribution in [0.5, 0.6) is 0 Å². The van der Waals surface area contributed by atoms with Crippen molar-refractivity contribution in [3.63, 3.8) is 0 Å². The molecule has 6 heteroatoms. The summed E-state index contributed by atoms with van der Waals surface area (Å²) in [5, 5.41) is 4.00. The molecular formula is C18H14FN3O2. The van der Waals surface area contributed by atoms with E-state index in [1.165, 1.54) is 11.0 Å². The summed E-state index contributed by atoms with van der Waals surface area (Å²) in [7, 11) is 0. The van der Waals surface area contributed by atoms with Crippen molar-refractivity contribution in [2.75, 3.05) is 11.4 Å². The summed E-state index contributed by atoms with van der Waals surface area (Å²) in [6.07, 6.45) is 0.238. The van der Waals surface area contributed by atoms with E-state index in [1.54, 1.807) is 18.2 Å². The Morgan fingerprint density at radius 1 is 1.08 bits per heavy atom. The van der Waals surface area contributed by atoms with Crippen LogP contribution in [0.25, 0.3) is 11.5 Å². The van der Waals surface area contributed by atoms with E-state index in [1.807, 2.05) is 30.3 Å². The third-order valence-corrected chi connectivity index (χ3v) is 4.10. The van der Waals surface area contributed by atoms with E-state index in [0.29, 0.717) is 18.3 Å². The van der Waals surface area contributed by atoms with Crippen LogP contribution in [0.1, 0.15) is 18.2 Å². The highest BCUT2D eigenvalue weighted by atomic mass is 19.1. The first kappa shape index (κ1) is 14.6. The highest BCUT2D eigenvalue weighted by Crippen LogP contribution is 2.32. The minimum absolute atomic E-state index is 0.142. The second-order valence-electron chi connectivity index (χ2n) is 5.68. The van der Waals surface area contributed by atoms with E-state index < -0.39 is 5.82 Å². The molecule has 4 rings (SSSR count). The Bertz CT molecular complexity index is 879. The number of rotatable bonds is 3. The number of carbonyl (C=O) groups excluding carboxylic acids is 1. The Morgan fingerprint density at radius 2 is 1.83 bits per heavy atom.